The first kappa shape index (κ1) is 14.2. The molecule has 0 bridgehead atoms. The van der Waals surface area contributed by atoms with Crippen LogP contribution in [0.15, 0.2) is 18.2 Å². The molecule has 2 N–H and O–H groups in total. The second kappa shape index (κ2) is 5.19. The Morgan fingerprint density at radius 3 is 2.18 bits per heavy atom. The highest BCUT2D eigenvalue weighted by Crippen LogP contribution is 2.32. The highest BCUT2D eigenvalue weighted by atomic mass is 16.5. The predicted octanol–water partition coefficient (Wildman–Crippen LogP) is 3.36. The maximum Gasteiger partial charge on any atom is 0.0812 e. The molecule has 0 saturated carbocycles. The summed E-state index contributed by atoms with van der Waals surface area (Å²) in [6, 6.07) is 6.32. The van der Waals surface area contributed by atoms with Crippen molar-refractivity contribution in [2.24, 2.45) is 11.1 Å². The lowest BCUT2D eigenvalue weighted by atomic mass is 9.81. The standard InChI is InChI=1S/C15H25NO/c1-10-7-8-12(11(2)9-10)13(16)14(17-6)15(3,4)5/h7-9,13-14H,16H2,1-6H3. The summed E-state index contributed by atoms with van der Waals surface area (Å²) in [6.45, 7) is 10.7. The van der Waals surface area contributed by atoms with E-state index in [1.54, 1.807) is 7.11 Å². The monoisotopic (exact) mass is 235 g/mol. The molecule has 96 valence electrons. The van der Waals surface area contributed by atoms with Crippen molar-refractivity contribution in [1.29, 1.82) is 0 Å². The lowest BCUT2D eigenvalue weighted by Crippen LogP contribution is -2.39. The largest absolute Gasteiger partial charge is 0.379 e. The Hall–Kier alpha value is -0.860. The van der Waals surface area contributed by atoms with E-state index in [0.717, 1.165) is 0 Å². The molecule has 17 heavy (non-hydrogen) atoms. The van der Waals surface area contributed by atoms with Gasteiger partial charge in [-0.2, -0.15) is 0 Å². The van der Waals surface area contributed by atoms with Crippen molar-refractivity contribution >= 4 is 0 Å². The van der Waals surface area contributed by atoms with Crippen LogP contribution in [0.5, 0.6) is 0 Å². The molecule has 1 aromatic carbocycles. The van der Waals surface area contributed by atoms with Crippen molar-refractivity contribution in [3.8, 4) is 0 Å². The Labute approximate surface area is 105 Å². The minimum Gasteiger partial charge on any atom is -0.379 e. The lowest BCUT2D eigenvalue weighted by molar-refractivity contribution is -0.00256. The van der Waals surface area contributed by atoms with E-state index < -0.39 is 0 Å². The van der Waals surface area contributed by atoms with Crippen LogP contribution < -0.4 is 5.73 Å². The van der Waals surface area contributed by atoms with Crippen molar-refractivity contribution < 1.29 is 4.74 Å². The third-order valence-electron chi connectivity index (χ3n) is 3.22. The van der Waals surface area contributed by atoms with E-state index in [2.05, 4.69) is 52.8 Å². The number of ether oxygens (including phenoxy) is 1. The van der Waals surface area contributed by atoms with Gasteiger partial charge in [0.05, 0.1) is 12.1 Å². The number of methoxy groups -OCH3 is 1. The molecule has 0 aliphatic heterocycles. The molecule has 0 saturated heterocycles. The smallest absolute Gasteiger partial charge is 0.0812 e. The van der Waals surface area contributed by atoms with Crippen LogP contribution in [0.4, 0.5) is 0 Å². The molecular formula is C15H25NO. The van der Waals surface area contributed by atoms with E-state index in [1.165, 1.54) is 16.7 Å². The summed E-state index contributed by atoms with van der Waals surface area (Å²) < 4.78 is 5.59. The van der Waals surface area contributed by atoms with E-state index in [0.29, 0.717) is 0 Å². The first-order chi connectivity index (χ1) is 7.77. The van der Waals surface area contributed by atoms with E-state index >= 15 is 0 Å². The maximum atomic E-state index is 6.36. The van der Waals surface area contributed by atoms with E-state index in [9.17, 15) is 0 Å². The van der Waals surface area contributed by atoms with E-state index in [1.807, 2.05) is 0 Å². The fourth-order valence-corrected chi connectivity index (χ4v) is 2.40. The topological polar surface area (TPSA) is 35.2 Å². The summed E-state index contributed by atoms with van der Waals surface area (Å²) in [5.74, 6) is 0. The quantitative estimate of drug-likeness (QED) is 0.872. The molecule has 0 aliphatic rings. The minimum atomic E-state index is -0.0828. The van der Waals surface area contributed by atoms with Gasteiger partial charge in [0.1, 0.15) is 0 Å². The summed E-state index contributed by atoms with van der Waals surface area (Å²) >= 11 is 0. The molecule has 2 atom stereocenters. The number of hydrogen-bond acceptors (Lipinski definition) is 2. The third-order valence-corrected chi connectivity index (χ3v) is 3.22. The zero-order chi connectivity index (χ0) is 13.2. The molecule has 0 amide bonds. The molecule has 2 heteroatoms. The summed E-state index contributed by atoms with van der Waals surface area (Å²) in [5.41, 5.74) is 10.1. The molecule has 0 aromatic heterocycles. The van der Waals surface area contributed by atoms with Crippen molar-refractivity contribution in [2.45, 2.75) is 46.8 Å². The number of hydrogen-bond donors (Lipinski definition) is 1. The van der Waals surface area contributed by atoms with Gasteiger partial charge in [0, 0.05) is 7.11 Å². The van der Waals surface area contributed by atoms with Crippen LogP contribution in [-0.2, 0) is 4.74 Å². The summed E-state index contributed by atoms with van der Waals surface area (Å²) in [4.78, 5) is 0. The van der Waals surface area contributed by atoms with Gasteiger partial charge in [-0.25, -0.2) is 0 Å². The molecule has 0 heterocycles. The first-order valence-corrected chi connectivity index (χ1v) is 6.13. The van der Waals surface area contributed by atoms with Crippen molar-refractivity contribution in [3.63, 3.8) is 0 Å². The molecule has 2 nitrogen and oxygen atoms in total. The maximum absolute atomic E-state index is 6.36. The second-order valence-corrected chi connectivity index (χ2v) is 5.91. The summed E-state index contributed by atoms with van der Waals surface area (Å²) in [7, 11) is 1.74. The molecule has 1 rings (SSSR count). The van der Waals surface area contributed by atoms with Crippen LogP contribution in [0.3, 0.4) is 0 Å². The van der Waals surface area contributed by atoms with Gasteiger partial charge in [0.25, 0.3) is 0 Å². The van der Waals surface area contributed by atoms with E-state index in [-0.39, 0.29) is 17.6 Å². The molecule has 0 fully saturated rings. The summed E-state index contributed by atoms with van der Waals surface area (Å²) in [6.07, 6.45) is 0.0175. The number of aryl methyl sites for hydroxylation is 2. The molecule has 0 radical (unpaired) electrons. The van der Waals surface area contributed by atoms with Crippen LogP contribution in [0.25, 0.3) is 0 Å². The highest BCUT2D eigenvalue weighted by molar-refractivity contribution is 5.33. The average Bonchev–Trinajstić information content (AvgIpc) is 2.15. The molecule has 1 aromatic rings. The van der Waals surface area contributed by atoms with E-state index in [4.69, 9.17) is 10.5 Å². The normalized spacial score (nSPS) is 15.7. The number of benzene rings is 1. The second-order valence-electron chi connectivity index (χ2n) is 5.91. The highest BCUT2D eigenvalue weighted by Gasteiger charge is 2.31. The fraction of sp³-hybridized carbons (Fsp3) is 0.600. The SMILES string of the molecule is COC(C(N)c1ccc(C)cc1C)C(C)(C)C. The van der Waals surface area contributed by atoms with Crippen LogP contribution in [0.1, 0.15) is 43.5 Å². The number of rotatable bonds is 3. The van der Waals surface area contributed by atoms with Gasteiger partial charge in [-0.3, -0.25) is 0 Å². The average molecular weight is 235 g/mol. The van der Waals surface area contributed by atoms with Gasteiger partial charge in [-0.05, 0) is 30.4 Å². The van der Waals surface area contributed by atoms with Crippen LogP contribution in [-0.4, -0.2) is 13.2 Å². The Morgan fingerprint density at radius 1 is 1.18 bits per heavy atom. The van der Waals surface area contributed by atoms with Crippen LogP contribution in [0, 0.1) is 19.3 Å². The third kappa shape index (κ3) is 3.30. The van der Waals surface area contributed by atoms with Gasteiger partial charge in [0.2, 0.25) is 0 Å². The van der Waals surface area contributed by atoms with Crippen LogP contribution >= 0.6 is 0 Å². The lowest BCUT2D eigenvalue weighted by Gasteiger charge is -2.34. The zero-order valence-electron chi connectivity index (χ0n) is 11.9. The molecule has 2 unspecified atom stereocenters. The minimum absolute atomic E-state index is 0.0175. The summed E-state index contributed by atoms with van der Waals surface area (Å²) in [5, 5.41) is 0. The van der Waals surface area contributed by atoms with Crippen molar-refractivity contribution in [1.82, 2.24) is 0 Å². The molecule has 0 aliphatic carbocycles. The zero-order valence-corrected chi connectivity index (χ0v) is 11.9. The van der Waals surface area contributed by atoms with Gasteiger partial charge in [-0.15, -0.1) is 0 Å². The van der Waals surface area contributed by atoms with Gasteiger partial charge in [0.15, 0.2) is 0 Å². The first-order valence-electron chi connectivity index (χ1n) is 6.13. The van der Waals surface area contributed by atoms with Gasteiger partial charge >= 0.3 is 0 Å². The Bertz CT molecular complexity index is 379. The van der Waals surface area contributed by atoms with Crippen molar-refractivity contribution in [3.05, 3.63) is 34.9 Å². The molecule has 0 spiro atoms. The predicted molar refractivity (Wildman–Crippen MR) is 73.1 cm³/mol. The Morgan fingerprint density at radius 2 is 1.76 bits per heavy atom. The Balaban J connectivity index is 3.06. The number of nitrogens with two attached hydrogens (primary N) is 1. The van der Waals surface area contributed by atoms with Crippen LogP contribution in [0.2, 0.25) is 0 Å². The fourth-order valence-electron chi connectivity index (χ4n) is 2.40. The van der Waals surface area contributed by atoms with Crippen molar-refractivity contribution in [2.75, 3.05) is 7.11 Å². The van der Waals surface area contributed by atoms with Gasteiger partial charge in [-0.1, -0.05) is 44.5 Å². The van der Waals surface area contributed by atoms with Gasteiger partial charge < -0.3 is 10.5 Å². The Kier molecular flexibility index (Phi) is 4.34. The molecular weight excluding hydrogens is 210 g/mol.